The normalized spacial score (nSPS) is 21.3. The molecule has 3 aromatic rings. The number of hydrogen-bond donors (Lipinski definition) is 2. The zero-order chi connectivity index (χ0) is 20.2. The molecule has 0 bridgehead atoms. The first kappa shape index (κ1) is 17.7. The van der Waals surface area contributed by atoms with Crippen LogP contribution in [-0.4, -0.2) is 51.4 Å². The maximum absolute atomic E-state index is 12.4. The number of carboxylic acid groups (broad SMARTS) is 1. The van der Waals surface area contributed by atoms with Gasteiger partial charge >= 0.3 is 5.97 Å². The molecule has 1 atom stereocenters. The molecule has 1 spiro atoms. The molecule has 4 heterocycles. The molecule has 1 aromatic carbocycles. The zero-order valence-electron chi connectivity index (χ0n) is 16.1. The van der Waals surface area contributed by atoms with Gasteiger partial charge in [0.05, 0.1) is 27.9 Å². The van der Waals surface area contributed by atoms with Crippen LogP contribution in [0.5, 0.6) is 0 Å². The Bertz CT molecular complexity index is 1140. The third-order valence-electron chi connectivity index (χ3n) is 6.08. The quantitative estimate of drug-likeness (QED) is 0.710. The zero-order valence-corrected chi connectivity index (χ0v) is 16.1. The number of anilines is 1. The van der Waals surface area contributed by atoms with Crippen LogP contribution >= 0.6 is 0 Å². The number of carbonyl (C=O) groups excluding carboxylic acids is 1. The molecular weight excluding hydrogens is 370 g/mol. The Labute approximate surface area is 167 Å². The van der Waals surface area contributed by atoms with Crippen molar-refractivity contribution in [1.82, 2.24) is 20.1 Å². The molecule has 0 aliphatic carbocycles. The van der Waals surface area contributed by atoms with Gasteiger partial charge in [-0.3, -0.25) is 4.79 Å². The average Bonchev–Trinajstić information content (AvgIpc) is 3.41. The van der Waals surface area contributed by atoms with E-state index in [1.54, 1.807) is 10.7 Å². The largest absolute Gasteiger partial charge is 0.477 e. The fourth-order valence-corrected chi connectivity index (χ4v) is 4.56. The molecule has 29 heavy (non-hydrogen) atoms. The first-order chi connectivity index (χ1) is 14.0. The molecule has 2 aliphatic rings. The second kappa shape index (κ2) is 6.30. The summed E-state index contributed by atoms with van der Waals surface area (Å²) < 4.78 is 1.69. The Morgan fingerprint density at radius 3 is 2.72 bits per heavy atom. The van der Waals surface area contributed by atoms with Crippen molar-refractivity contribution in [2.45, 2.75) is 19.8 Å². The number of fused-ring (bicyclic) bond motifs is 1. The molecule has 0 saturated carbocycles. The van der Waals surface area contributed by atoms with Gasteiger partial charge in [-0.15, -0.1) is 0 Å². The minimum Gasteiger partial charge on any atom is -0.477 e. The summed E-state index contributed by atoms with van der Waals surface area (Å²) in [5.74, 6) is -0.986. The van der Waals surface area contributed by atoms with E-state index in [0.29, 0.717) is 25.3 Å². The second-order valence-corrected chi connectivity index (χ2v) is 7.82. The highest BCUT2D eigenvalue weighted by Gasteiger charge is 2.47. The van der Waals surface area contributed by atoms with E-state index in [1.807, 2.05) is 37.3 Å². The number of para-hydroxylation sites is 1. The molecule has 148 valence electrons. The van der Waals surface area contributed by atoms with Gasteiger partial charge in [0.1, 0.15) is 0 Å². The maximum Gasteiger partial charge on any atom is 0.354 e. The van der Waals surface area contributed by atoms with E-state index in [4.69, 9.17) is 0 Å². The van der Waals surface area contributed by atoms with E-state index >= 15 is 0 Å². The van der Waals surface area contributed by atoms with Gasteiger partial charge in [0.15, 0.2) is 11.3 Å². The molecule has 2 aliphatic heterocycles. The lowest BCUT2D eigenvalue weighted by Gasteiger charge is -2.23. The molecule has 2 saturated heterocycles. The molecule has 8 nitrogen and oxygen atoms in total. The molecule has 1 amide bonds. The predicted molar refractivity (Wildman–Crippen MR) is 107 cm³/mol. The molecule has 2 N–H and O–H groups in total. The minimum atomic E-state index is -1.08. The molecule has 0 radical (unpaired) electrons. The standard InChI is InChI=1S/C21H21N5O3/c1-13-17-16(25-10-8-21(12-25)7-9-22-20(21)29)11-15(19(27)28)23-18(17)26(24-13)14-5-3-2-4-6-14/h2-6,11H,7-10,12H2,1H3,(H,22,29)(H,27,28). The molecule has 2 aromatic heterocycles. The van der Waals surface area contributed by atoms with E-state index in [1.165, 1.54) is 0 Å². The minimum absolute atomic E-state index is 0.0265. The van der Waals surface area contributed by atoms with Gasteiger partial charge in [0, 0.05) is 19.6 Å². The monoisotopic (exact) mass is 391 g/mol. The third-order valence-corrected chi connectivity index (χ3v) is 6.08. The number of amides is 1. The number of hydrogen-bond acceptors (Lipinski definition) is 5. The topological polar surface area (TPSA) is 100 Å². The van der Waals surface area contributed by atoms with E-state index in [0.717, 1.165) is 35.3 Å². The summed E-state index contributed by atoms with van der Waals surface area (Å²) in [7, 11) is 0. The number of carbonyl (C=O) groups is 2. The van der Waals surface area contributed by atoms with Crippen LogP contribution in [0.1, 0.15) is 29.0 Å². The Morgan fingerprint density at radius 2 is 2.03 bits per heavy atom. The Kier molecular flexibility index (Phi) is 3.84. The van der Waals surface area contributed by atoms with Gasteiger partial charge in [0.2, 0.25) is 5.91 Å². The smallest absolute Gasteiger partial charge is 0.354 e. The van der Waals surface area contributed by atoms with Crippen LogP contribution < -0.4 is 10.2 Å². The van der Waals surface area contributed by atoms with E-state index in [-0.39, 0.29) is 17.0 Å². The Morgan fingerprint density at radius 1 is 1.24 bits per heavy atom. The van der Waals surface area contributed by atoms with Gasteiger partial charge in [-0.1, -0.05) is 18.2 Å². The first-order valence-electron chi connectivity index (χ1n) is 9.71. The first-order valence-corrected chi connectivity index (χ1v) is 9.71. The second-order valence-electron chi connectivity index (χ2n) is 7.82. The van der Waals surface area contributed by atoms with Crippen molar-refractivity contribution >= 4 is 28.6 Å². The summed E-state index contributed by atoms with van der Waals surface area (Å²) in [4.78, 5) is 30.7. The maximum atomic E-state index is 12.4. The molecule has 8 heteroatoms. The fraction of sp³-hybridized carbons (Fsp3) is 0.333. The summed E-state index contributed by atoms with van der Waals surface area (Å²) >= 11 is 0. The predicted octanol–water partition coefficient (Wildman–Crippen LogP) is 2.14. The van der Waals surface area contributed by atoms with Crippen LogP contribution in [0.15, 0.2) is 36.4 Å². The lowest BCUT2D eigenvalue weighted by Crippen LogP contribution is -2.34. The van der Waals surface area contributed by atoms with Crippen LogP contribution in [0.2, 0.25) is 0 Å². The van der Waals surface area contributed by atoms with E-state index < -0.39 is 5.97 Å². The van der Waals surface area contributed by atoms with Crippen LogP contribution in [0, 0.1) is 12.3 Å². The third kappa shape index (κ3) is 2.66. The van der Waals surface area contributed by atoms with Crippen molar-refractivity contribution in [3.63, 3.8) is 0 Å². The van der Waals surface area contributed by atoms with Gasteiger partial charge in [-0.05, 0) is 38.0 Å². The molecular formula is C21H21N5O3. The number of nitrogens with one attached hydrogen (secondary N) is 1. The fourth-order valence-electron chi connectivity index (χ4n) is 4.56. The van der Waals surface area contributed by atoms with Crippen LogP contribution in [0.4, 0.5) is 5.69 Å². The van der Waals surface area contributed by atoms with Gasteiger partial charge in [0.25, 0.3) is 0 Å². The number of benzene rings is 1. The highest BCUT2D eigenvalue weighted by Crippen LogP contribution is 2.41. The number of rotatable bonds is 3. The molecule has 2 fully saturated rings. The van der Waals surface area contributed by atoms with Gasteiger partial charge in [-0.2, -0.15) is 5.10 Å². The number of nitrogens with zero attached hydrogens (tertiary/aromatic N) is 4. The summed E-state index contributed by atoms with van der Waals surface area (Å²) in [6.45, 7) is 3.87. The summed E-state index contributed by atoms with van der Waals surface area (Å²) in [6.07, 6.45) is 1.57. The Balaban J connectivity index is 1.68. The lowest BCUT2D eigenvalue weighted by atomic mass is 9.86. The summed E-state index contributed by atoms with van der Waals surface area (Å²) in [5, 5.41) is 18.1. The van der Waals surface area contributed by atoms with Crippen LogP contribution in [0.3, 0.4) is 0 Å². The van der Waals surface area contributed by atoms with Crippen molar-refractivity contribution in [3.8, 4) is 5.69 Å². The van der Waals surface area contributed by atoms with Gasteiger partial charge < -0.3 is 15.3 Å². The van der Waals surface area contributed by atoms with Crippen molar-refractivity contribution in [2.75, 3.05) is 24.5 Å². The lowest BCUT2D eigenvalue weighted by molar-refractivity contribution is -0.126. The number of aromatic carboxylic acids is 1. The number of aromatic nitrogens is 3. The van der Waals surface area contributed by atoms with Crippen LogP contribution in [-0.2, 0) is 4.79 Å². The van der Waals surface area contributed by atoms with Crippen molar-refractivity contribution in [3.05, 3.63) is 47.8 Å². The number of pyridine rings is 1. The van der Waals surface area contributed by atoms with Crippen molar-refractivity contribution in [2.24, 2.45) is 5.41 Å². The summed E-state index contributed by atoms with van der Waals surface area (Å²) in [6, 6.07) is 11.2. The molecule has 1 unspecified atom stereocenters. The average molecular weight is 391 g/mol. The van der Waals surface area contributed by atoms with Gasteiger partial charge in [-0.25, -0.2) is 14.5 Å². The van der Waals surface area contributed by atoms with E-state index in [2.05, 4.69) is 20.3 Å². The molecule has 5 rings (SSSR count). The van der Waals surface area contributed by atoms with Crippen molar-refractivity contribution < 1.29 is 14.7 Å². The highest BCUT2D eigenvalue weighted by atomic mass is 16.4. The Hall–Kier alpha value is -3.42. The summed E-state index contributed by atoms with van der Waals surface area (Å²) in [5.41, 5.74) is 2.48. The SMILES string of the molecule is Cc1nn(-c2ccccc2)c2nc(C(=O)O)cc(N3CCC4(CCNC4=O)C3)c12. The number of aryl methyl sites for hydroxylation is 1. The van der Waals surface area contributed by atoms with Crippen molar-refractivity contribution in [1.29, 1.82) is 0 Å². The van der Waals surface area contributed by atoms with Crippen LogP contribution in [0.25, 0.3) is 16.7 Å². The highest BCUT2D eigenvalue weighted by molar-refractivity contribution is 5.98. The van der Waals surface area contributed by atoms with E-state index in [9.17, 15) is 14.7 Å². The number of carboxylic acids is 1.